The molecule has 1 radical (unpaired) electrons. The van der Waals surface area contributed by atoms with Crippen LogP contribution < -0.4 is 5.73 Å². The fourth-order valence-electron chi connectivity index (χ4n) is 1.39. The average molecular weight is 383 g/mol. The molecule has 2 unspecified atom stereocenters. The van der Waals surface area contributed by atoms with E-state index < -0.39 is 0 Å². The molecule has 21 heavy (non-hydrogen) atoms. The van der Waals surface area contributed by atoms with Gasteiger partial charge in [-0.2, -0.15) is 11.8 Å². The van der Waals surface area contributed by atoms with Gasteiger partial charge >= 0.3 is 17.1 Å². The van der Waals surface area contributed by atoms with Crippen LogP contribution in [-0.2, 0) is 17.1 Å². The van der Waals surface area contributed by atoms with Crippen LogP contribution in [0.2, 0.25) is 0 Å². The van der Waals surface area contributed by atoms with Gasteiger partial charge in [-0.05, 0) is 0 Å². The summed E-state index contributed by atoms with van der Waals surface area (Å²) in [5.74, 6) is 1.41. The second kappa shape index (κ2) is 25.7. The summed E-state index contributed by atoms with van der Waals surface area (Å²) in [6.07, 6.45) is 10.4. The Hall–Kier alpha value is 0.759. The summed E-state index contributed by atoms with van der Waals surface area (Å²) in [5.41, 5.74) is 4.71. The molecule has 0 aliphatic heterocycles. The third-order valence-electron chi connectivity index (χ3n) is 3.09. The molecule has 0 saturated carbocycles. The van der Waals surface area contributed by atoms with Crippen LogP contribution in [0.15, 0.2) is 0 Å². The first-order chi connectivity index (χ1) is 9.35. The molecule has 2 N–H and O–H groups in total. The van der Waals surface area contributed by atoms with Crippen molar-refractivity contribution in [2.75, 3.05) is 0 Å². The van der Waals surface area contributed by atoms with Gasteiger partial charge in [0, 0.05) is 0 Å². The zero-order valence-electron chi connectivity index (χ0n) is 14.5. The van der Waals surface area contributed by atoms with Crippen molar-refractivity contribution in [2.24, 2.45) is 17.6 Å². The SMILES string of the molecule is NC(=S)S.[CH2-]C(CC)CCCC.[CH2-]C(CC)CCCC.[Cu+2]. The number of rotatable bonds is 8. The Balaban J connectivity index is -0.000000107. The fourth-order valence-corrected chi connectivity index (χ4v) is 1.39. The fraction of sp³-hybridized carbons (Fsp3) is 0.824. The molecule has 0 aromatic heterocycles. The minimum absolute atomic E-state index is 0. The van der Waals surface area contributed by atoms with Crippen LogP contribution in [0, 0.1) is 25.7 Å². The molecule has 0 rings (SSSR count). The summed E-state index contributed by atoms with van der Waals surface area (Å²) in [6.45, 7) is 16.8. The van der Waals surface area contributed by atoms with E-state index in [1.165, 1.54) is 51.4 Å². The van der Waals surface area contributed by atoms with E-state index in [2.05, 4.69) is 66.4 Å². The molecule has 0 heterocycles. The van der Waals surface area contributed by atoms with E-state index in [4.69, 9.17) is 5.73 Å². The number of hydrogen-bond acceptors (Lipinski definition) is 1. The molecule has 0 aromatic carbocycles. The number of thiol groups is 1. The van der Waals surface area contributed by atoms with E-state index in [0.717, 1.165) is 0 Å². The van der Waals surface area contributed by atoms with Gasteiger partial charge in [-0.25, -0.2) is 0 Å². The first-order valence-electron chi connectivity index (χ1n) is 7.99. The maximum absolute atomic E-state index is 4.71. The van der Waals surface area contributed by atoms with Crippen molar-refractivity contribution in [2.45, 2.75) is 79.1 Å². The second-order valence-electron chi connectivity index (χ2n) is 5.17. The largest absolute Gasteiger partial charge is 2.00 e. The van der Waals surface area contributed by atoms with Gasteiger partial charge in [0.1, 0.15) is 4.32 Å². The minimum atomic E-state index is 0. The molecule has 2 atom stereocenters. The standard InChI is InChI=1S/2C8H17.CH3NS2.Cu/c2*1-4-6-7-8(3)5-2;2-1(3)4;/h2*8H,3-7H2,1-2H3;(H3,2,3,4);/q2*-1;;+2. The van der Waals surface area contributed by atoms with E-state index in [9.17, 15) is 0 Å². The molecule has 0 fully saturated rings. The van der Waals surface area contributed by atoms with Gasteiger partial charge in [-0.1, -0.05) is 91.3 Å². The molecule has 133 valence electrons. The van der Waals surface area contributed by atoms with Crippen molar-refractivity contribution in [1.29, 1.82) is 0 Å². The van der Waals surface area contributed by atoms with Crippen molar-refractivity contribution in [3.05, 3.63) is 13.8 Å². The molecular formula is C17H37CuNS2. The number of nitrogens with two attached hydrogens (primary N) is 1. The first-order valence-corrected chi connectivity index (χ1v) is 8.85. The second-order valence-corrected chi connectivity index (χ2v) is 6.40. The van der Waals surface area contributed by atoms with Gasteiger partial charge in [0.05, 0.1) is 0 Å². The molecule has 0 saturated heterocycles. The smallest absolute Gasteiger partial charge is 0.385 e. The van der Waals surface area contributed by atoms with Crippen LogP contribution in [0.25, 0.3) is 0 Å². The predicted octanol–water partition coefficient (Wildman–Crippen LogP) is 6.23. The normalized spacial score (nSPS) is 11.8. The summed E-state index contributed by atoms with van der Waals surface area (Å²) in [4.78, 5) is 0. The Morgan fingerprint density at radius 3 is 1.33 bits per heavy atom. The Morgan fingerprint density at radius 1 is 0.952 bits per heavy atom. The molecule has 4 heteroatoms. The van der Waals surface area contributed by atoms with Crippen LogP contribution in [0.3, 0.4) is 0 Å². The summed E-state index contributed by atoms with van der Waals surface area (Å²) in [5, 5.41) is 0. The summed E-state index contributed by atoms with van der Waals surface area (Å²) in [6, 6.07) is 0. The molecule has 0 aliphatic carbocycles. The van der Waals surface area contributed by atoms with Crippen molar-refractivity contribution < 1.29 is 17.1 Å². The van der Waals surface area contributed by atoms with Crippen LogP contribution in [-0.4, -0.2) is 4.32 Å². The third kappa shape index (κ3) is 44.9. The van der Waals surface area contributed by atoms with Gasteiger partial charge in [0.2, 0.25) is 0 Å². The predicted molar refractivity (Wildman–Crippen MR) is 103 cm³/mol. The zero-order valence-corrected chi connectivity index (χ0v) is 17.1. The summed E-state index contributed by atoms with van der Waals surface area (Å²) >= 11 is 7.65. The third-order valence-corrected chi connectivity index (χ3v) is 3.09. The molecule has 1 nitrogen and oxygen atoms in total. The Bertz CT molecular complexity index is 172. The molecule has 0 amide bonds. The van der Waals surface area contributed by atoms with Gasteiger partial charge in [0.15, 0.2) is 0 Å². The molecular weight excluding hydrogens is 346 g/mol. The van der Waals surface area contributed by atoms with Crippen molar-refractivity contribution in [3.8, 4) is 0 Å². The minimum Gasteiger partial charge on any atom is -0.385 e. The van der Waals surface area contributed by atoms with E-state index in [-0.39, 0.29) is 21.4 Å². The molecule has 0 bridgehead atoms. The maximum Gasteiger partial charge on any atom is 2.00 e. The number of unbranched alkanes of at least 4 members (excludes halogenated alkanes) is 2. The van der Waals surface area contributed by atoms with Crippen molar-refractivity contribution in [3.63, 3.8) is 0 Å². The average Bonchev–Trinajstić information content (AvgIpc) is 2.42. The van der Waals surface area contributed by atoms with Crippen LogP contribution in [0.1, 0.15) is 79.1 Å². The Kier molecular flexibility index (Phi) is 36.4. The Morgan fingerprint density at radius 2 is 1.19 bits per heavy atom. The first kappa shape index (κ1) is 29.7. The number of thiocarbonyl (C=S) groups is 1. The van der Waals surface area contributed by atoms with E-state index >= 15 is 0 Å². The topological polar surface area (TPSA) is 26.0 Å². The number of hydrogen-bond donors (Lipinski definition) is 2. The maximum atomic E-state index is 4.71. The Labute approximate surface area is 156 Å². The van der Waals surface area contributed by atoms with Gasteiger partial charge in [-0.15, -0.1) is 12.6 Å². The van der Waals surface area contributed by atoms with Crippen molar-refractivity contribution >= 4 is 29.2 Å². The van der Waals surface area contributed by atoms with Crippen LogP contribution in [0.5, 0.6) is 0 Å². The van der Waals surface area contributed by atoms with Crippen molar-refractivity contribution in [1.82, 2.24) is 0 Å². The molecule has 0 spiro atoms. The molecule has 0 aliphatic rings. The monoisotopic (exact) mass is 382 g/mol. The van der Waals surface area contributed by atoms with Crippen LogP contribution >= 0.6 is 24.8 Å². The van der Waals surface area contributed by atoms with Gasteiger partial charge in [-0.3, -0.25) is 0 Å². The van der Waals surface area contributed by atoms with E-state index in [0.29, 0.717) is 11.8 Å². The molecule has 0 aromatic rings. The van der Waals surface area contributed by atoms with Gasteiger partial charge < -0.3 is 19.6 Å². The van der Waals surface area contributed by atoms with E-state index in [1.54, 1.807) is 0 Å². The van der Waals surface area contributed by atoms with E-state index in [1.807, 2.05) is 0 Å². The zero-order chi connectivity index (χ0) is 16.4. The van der Waals surface area contributed by atoms with Crippen LogP contribution in [0.4, 0.5) is 0 Å². The van der Waals surface area contributed by atoms with Gasteiger partial charge in [0.25, 0.3) is 0 Å². The summed E-state index contributed by atoms with van der Waals surface area (Å²) in [7, 11) is 0. The quantitative estimate of drug-likeness (QED) is 0.225. The summed E-state index contributed by atoms with van der Waals surface area (Å²) < 4.78 is 0.194.